The van der Waals surface area contributed by atoms with Crippen LogP contribution in [0.2, 0.25) is 5.02 Å². The van der Waals surface area contributed by atoms with E-state index < -0.39 is 20.2 Å². The van der Waals surface area contributed by atoms with Crippen molar-refractivity contribution in [2.75, 3.05) is 18.1 Å². The number of fused-ring (bicyclic) bond motifs is 2. The third-order valence-corrected chi connectivity index (χ3v) is 10.7. The summed E-state index contributed by atoms with van der Waals surface area (Å²) in [4.78, 5) is 2.28. The maximum absolute atomic E-state index is 11.1. The number of nitrogens with zero attached hydrogens (tertiary/aromatic N) is 2. The van der Waals surface area contributed by atoms with Crippen molar-refractivity contribution < 1.29 is 30.5 Å². The van der Waals surface area contributed by atoms with E-state index in [0.29, 0.717) is 43.8 Å². The third kappa shape index (κ3) is 8.66. The number of rotatable bonds is 12. The van der Waals surface area contributed by atoms with E-state index in [1.807, 2.05) is 37.3 Å². The van der Waals surface area contributed by atoms with E-state index in [0.717, 1.165) is 25.8 Å². The Morgan fingerprint density at radius 1 is 1.13 bits per heavy atom. The van der Waals surface area contributed by atoms with Crippen molar-refractivity contribution in [1.82, 2.24) is 4.90 Å². The second-order valence-electron chi connectivity index (χ2n) is 9.57. The quantitative estimate of drug-likeness (QED) is 0.198. The lowest BCUT2D eigenvalue weighted by Gasteiger charge is -2.27. The van der Waals surface area contributed by atoms with E-state index >= 15 is 0 Å². The van der Waals surface area contributed by atoms with Gasteiger partial charge in [0.05, 0.1) is 32.2 Å². The van der Waals surface area contributed by atoms with Gasteiger partial charge in [-0.15, -0.1) is 0 Å². The first-order chi connectivity index (χ1) is 18.4. The maximum atomic E-state index is 11.1. The number of aryl methyl sites for hydroxylation is 1. The predicted octanol–water partition coefficient (Wildman–Crippen LogP) is 4.99. The van der Waals surface area contributed by atoms with Gasteiger partial charge in [0.2, 0.25) is 5.52 Å². The number of thioether (sulfide) groups is 1. The molecule has 39 heavy (non-hydrogen) atoms. The Bertz CT molecular complexity index is 1540. The van der Waals surface area contributed by atoms with Gasteiger partial charge in [0.15, 0.2) is 6.54 Å². The lowest BCUT2D eigenvalue weighted by atomic mass is 10.1. The molecular weight excluding hydrogens is 600 g/mol. The second kappa shape index (κ2) is 12.9. The second-order valence-corrected chi connectivity index (χ2v) is 15.4. The molecule has 0 saturated carbocycles. The monoisotopic (exact) mass is 630 g/mol. The lowest BCUT2D eigenvalue weighted by molar-refractivity contribution is -0.669. The number of unbranched alkanes of at least 4 members (excludes halogenated alkanes) is 2. The molecule has 212 valence electrons. The zero-order chi connectivity index (χ0) is 28.2. The molecule has 1 aromatic carbocycles. The van der Waals surface area contributed by atoms with Crippen molar-refractivity contribution in [3.8, 4) is 0 Å². The van der Waals surface area contributed by atoms with Gasteiger partial charge < -0.3 is 9.45 Å². The Morgan fingerprint density at radius 2 is 1.87 bits per heavy atom. The number of hydrogen-bond acceptors (Lipinski definition) is 8. The normalized spacial score (nSPS) is 20.9. The number of aromatic nitrogens is 1. The maximum Gasteiger partial charge on any atom is 0.264 e. The Labute approximate surface area is 243 Å². The van der Waals surface area contributed by atoms with Crippen LogP contribution in [0.15, 0.2) is 59.2 Å². The van der Waals surface area contributed by atoms with Crippen LogP contribution in [0.1, 0.15) is 37.6 Å². The molecule has 0 bridgehead atoms. The third-order valence-electron chi connectivity index (χ3n) is 6.43. The van der Waals surface area contributed by atoms with Crippen LogP contribution in [-0.4, -0.2) is 60.2 Å². The summed E-state index contributed by atoms with van der Waals surface area (Å²) >= 11 is 9.66. The molecule has 13 heteroatoms. The van der Waals surface area contributed by atoms with Crippen LogP contribution in [0.5, 0.6) is 0 Å². The molecule has 2 heterocycles. The van der Waals surface area contributed by atoms with Crippen LogP contribution in [0.3, 0.4) is 0 Å². The highest BCUT2D eigenvalue weighted by atomic mass is 35.5. The van der Waals surface area contributed by atoms with Gasteiger partial charge in [-0.25, -0.2) is 8.42 Å². The van der Waals surface area contributed by atoms with Crippen LogP contribution < -0.4 is 4.57 Å². The molecule has 1 aromatic heterocycles. The van der Waals surface area contributed by atoms with Gasteiger partial charge in [-0.3, -0.25) is 4.55 Å². The van der Waals surface area contributed by atoms with Gasteiger partial charge in [0.25, 0.3) is 15.1 Å². The Morgan fingerprint density at radius 3 is 2.62 bits per heavy atom. The van der Waals surface area contributed by atoms with Crippen LogP contribution in [0.4, 0.5) is 0 Å². The number of allylic oxidation sites excluding steroid dienone is 4. The van der Waals surface area contributed by atoms with Crippen LogP contribution in [0, 0.1) is 0 Å². The summed E-state index contributed by atoms with van der Waals surface area (Å²) in [6, 6.07) is 5.89. The van der Waals surface area contributed by atoms with E-state index in [-0.39, 0.29) is 22.8 Å². The molecule has 1 aliphatic heterocycles. The summed E-state index contributed by atoms with van der Waals surface area (Å²) in [6.45, 7) is 3.26. The highest BCUT2D eigenvalue weighted by Gasteiger charge is 2.35. The number of halogens is 1. The molecule has 2 unspecified atom stereocenters. The smallest absolute Gasteiger partial charge is 0.264 e. The Balaban J connectivity index is 1.58. The molecule has 0 radical (unpaired) electrons. The molecule has 0 amide bonds. The Hall–Kier alpha value is -1.67. The van der Waals surface area contributed by atoms with Crippen molar-refractivity contribution in [3.05, 3.63) is 69.2 Å². The van der Waals surface area contributed by atoms with E-state index in [4.69, 9.17) is 16.2 Å². The summed E-state index contributed by atoms with van der Waals surface area (Å²) < 4.78 is 67.6. The van der Waals surface area contributed by atoms with Crippen molar-refractivity contribution in [2.45, 2.75) is 50.4 Å². The van der Waals surface area contributed by atoms with Gasteiger partial charge in [0, 0.05) is 35.9 Å². The number of hydrogen-bond donors (Lipinski definition) is 1. The summed E-state index contributed by atoms with van der Waals surface area (Å²) in [5.41, 5.74) is 2.00. The minimum atomic E-state index is -4.22. The highest BCUT2D eigenvalue weighted by Crippen LogP contribution is 2.42. The van der Waals surface area contributed by atoms with Crippen LogP contribution in [-0.2, 0) is 26.8 Å². The van der Waals surface area contributed by atoms with Crippen LogP contribution in [0.25, 0.3) is 16.3 Å². The SMILES string of the molecule is CC(=Cc1sc2ccc(Cl)cc2[n+]1CCCCS(=O)(=O)O)C=C1SC2C=CC=CC2N1CCCCS(=O)(=O)[O-]. The molecule has 1 fully saturated rings. The lowest BCUT2D eigenvalue weighted by Crippen LogP contribution is -2.35. The fraction of sp³-hybridized carbons (Fsp3) is 0.423. The van der Waals surface area contributed by atoms with E-state index in [1.165, 1.54) is 0 Å². The zero-order valence-corrected chi connectivity index (χ0v) is 25.4. The standard InChI is InChI=1S/C26H31ClN2O6S4/c1-19(16-25-28(12-4-6-14-38(30,31)32)21-8-2-3-9-23(21)36-25)17-26-29(13-5-7-15-39(33,34)35)22-18-20(27)10-11-24(22)37-26/h2-3,8-11,16-18,21,23H,4-7,12-15H2,1H3,(H-,30,31,32,33,34,35). The largest absolute Gasteiger partial charge is 0.748 e. The van der Waals surface area contributed by atoms with E-state index in [9.17, 15) is 21.4 Å². The molecule has 2 atom stereocenters. The topological polar surface area (TPSA) is 119 Å². The molecule has 1 aliphatic carbocycles. The van der Waals surface area contributed by atoms with Gasteiger partial charge in [0.1, 0.15) is 4.70 Å². The summed E-state index contributed by atoms with van der Waals surface area (Å²) in [7, 11) is -8.22. The molecule has 0 spiro atoms. The first-order valence-corrected chi connectivity index (χ1v) is 17.8. The molecule has 8 nitrogen and oxygen atoms in total. The van der Waals surface area contributed by atoms with Crippen molar-refractivity contribution >= 4 is 71.2 Å². The molecular formula is C26H31ClN2O6S4. The first-order valence-electron chi connectivity index (χ1n) is 12.6. The molecule has 1 saturated heterocycles. The van der Waals surface area contributed by atoms with E-state index in [2.05, 4.69) is 33.8 Å². The number of benzene rings is 1. The van der Waals surface area contributed by atoms with E-state index in [1.54, 1.807) is 23.1 Å². The molecule has 4 rings (SSSR count). The van der Waals surface area contributed by atoms with Gasteiger partial charge in [-0.1, -0.05) is 59.0 Å². The number of thiazole rings is 1. The van der Waals surface area contributed by atoms with Crippen LogP contribution >= 0.6 is 34.7 Å². The molecule has 2 aromatic rings. The summed E-state index contributed by atoms with van der Waals surface area (Å²) in [6.07, 6.45) is 14.5. The highest BCUT2D eigenvalue weighted by molar-refractivity contribution is 8.04. The summed E-state index contributed by atoms with van der Waals surface area (Å²) in [5, 5.41) is 2.97. The Kier molecular flexibility index (Phi) is 10.0. The van der Waals surface area contributed by atoms with Gasteiger partial charge in [-0.05, 0) is 50.0 Å². The van der Waals surface area contributed by atoms with Crippen molar-refractivity contribution in [3.63, 3.8) is 0 Å². The minimum absolute atomic E-state index is 0.169. The molecule has 2 aliphatic rings. The fourth-order valence-corrected chi connectivity index (χ4v) is 8.55. The van der Waals surface area contributed by atoms with Gasteiger partial charge in [-0.2, -0.15) is 13.0 Å². The predicted molar refractivity (Wildman–Crippen MR) is 158 cm³/mol. The average Bonchev–Trinajstić information content (AvgIpc) is 3.35. The van der Waals surface area contributed by atoms with Crippen molar-refractivity contribution in [2.24, 2.45) is 0 Å². The molecule has 1 N–H and O–H groups in total. The zero-order valence-electron chi connectivity index (χ0n) is 21.4. The van der Waals surface area contributed by atoms with Crippen molar-refractivity contribution in [1.29, 1.82) is 0 Å². The van der Waals surface area contributed by atoms with Gasteiger partial charge >= 0.3 is 0 Å². The minimum Gasteiger partial charge on any atom is -0.748 e. The average molecular weight is 631 g/mol. The fourth-order valence-electron chi connectivity index (χ4n) is 4.65. The summed E-state index contributed by atoms with van der Waals surface area (Å²) in [5.74, 6) is -0.623. The first kappa shape index (κ1) is 30.3.